The number of carboxylic acid groups (broad SMARTS) is 1. The maximum atomic E-state index is 13.2. The van der Waals surface area contributed by atoms with Crippen LogP contribution in [0.15, 0.2) is 0 Å². The van der Waals surface area contributed by atoms with Gasteiger partial charge in [0.15, 0.2) is 0 Å². The molecule has 2 N–H and O–H groups in total. The van der Waals surface area contributed by atoms with Crippen LogP contribution in [0.3, 0.4) is 0 Å². The lowest BCUT2D eigenvalue weighted by molar-refractivity contribution is -0.158. The first kappa shape index (κ1) is 21.7. The Kier molecular flexibility index (Phi) is 7.65. The lowest BCUT2D eigenvalue weighted by Crippen LogP contribution is -2.55. The number of esters is 1. The van der Waals surface area contributed by atoms with Gasteiger partial charge in [0.25, 0.3) is 0 Å². The Morgan fingerprint density at radius 1 is 1.19 bits per heavy atom. The van der Waals surface area contributed by atoms with Crippen LogP contribution in [0, 0.1) is 5.92 Å². The summed E-state index contributed by atoms with van der Waals surface area (Å²) in [6.45, 7) is 7.21. The molecule has 5 atom stereocenters. The van der Waals surface area contributed by atoms with E-state index in [4.69, 9.17) is 4.74 Å². The van der Waals surface area contributed by atoms with Crippen molar-refractivity contribution in [2.45, 2.75) is 103 Å². The zero-order chi connectivity index (χ0) is 20.1. The van der Waals surface area contributed by atoms with Gasteiger partial charge in [-0.2, -0.15) is 0 Å². The van der Waals surface area contributed by atoms with Gasteiger partial charge in [-0.15, -0.1) is 0 Å². The van der Waals surface area contributed by atoms with Gasteiger partial charge in [-0.1, -0.05) is 26.2 Å². The van der Waals surface area contributed by atoms with Crippen molar-refractivity contribution in [3.05, 3.63) is 0 Å². The molecule has 1 saturated carbocycles. The Morgan fingerprint density at radius 3 is 2.44 bits per heavy atom. The number of likely N-dealkylation sites (tertiary alicyclic amines) is 1. The quantitative estimate of drug-likeness (QED) is 0.626. The number of ether oxygens (including phenoxy) is 1. The monoisotopic (exact) mass is 382 g/mol. The molecule has 2 aliphatic rings. The highest BCUT2D eigenvalue weighted by Gasteiger charge is 2.49. The second-order valence-corrected chi connectivity index (χ2v) is 8.16. The number of carbonyl (C=O) groups is 3. The van der Waals surface area contributed by atoms with Crippen LogP contribution in [0.25, 0.3) is 0 Å². The average Bonchev–Trinajstić information content (AvgIpc) is 2.99. The predicted octanol–water partition coefficient (Wildman–Crippen LogP) is 2.33. The Morgan fingerprint density at radius 2 is 1.85 bits per heavy atom. The van der Waals surface area contributed by atoms with Crippen LogP contribution in [0.5, 0.6) is 0 Å². The predicted molar refractivity (Wildman–Crippen MR) is 101 cm³/mol. The first-order chi connectivity index (χ1) is 12.8. The van der Waals surface area contributed by atoms with E-state index in [0.717, 1.165) is 25.7 Å². The third-order valence-electron chi connectivity index (χ3n) is 5.66. The minimum Gasteiger partial charge on any atom is -0.480 e. The number of carbonyl (C=O) groups excluding carboxylic acids is 2. The van der Waals surface area contributed by atoms with Crippen LogP contribution in [0.4, 0.5) is 0 Å². The fraction of sp³-hybridized carbons (Fsp3) is 0.850. The summed E-state index contributed by atoms with van der Waals surface area (Å²) >= 11 is 0. The van der Waals surface area contributed by atoms with Crippen molar-refractivity contribution >= 4 is 17.8 Å². The normalized spacial score (nSPS) is 27.1. The molecule has 0 spiro atoms. The van der Waals surface area contributed by atoms with Crippen molar-refractivity contribution in [3.63, 3.8) is 0 Å². The van der Waals surface area contributed by atoms with Gasteiger partial charge >= 0.3 is 11.9 Å². The molecule has 1 saturated heterocycles. The van der Waals surface area contributed by atoms with Crippen molar-refractivity contribution in [1.82, 2.24) is 10.2 Å². The summed E-state index contributed by atoms with van der Waals surface area (Å²) < 4.78 is 5.41. The molecule has 1 amide bonds. The zero-order valence-electron chi connectivity index (χ0n) is 16.9. The smallest absolute Gasteiger partial charge is 0.329 e. The van der Waals surface area contributed by atoms with E-state index in [0.29, 0.717) is 25.2 Å². The summed E-state index contributed by atoms with van der Waals surface area (Å²) in [5.41, 5.74) is 0. The molecular formula is C20H34N2O5. The molecule has 0 radical (unpaired) electrons. The molecule has 0 aromatic carbocycles. The third-order valence-corrected chi connectivity index (χ3v) is 5.66. The number of rotatable bonds is 8. The second-order valence-electron chi connectivity index (χ2n) is 8.16. The van der Waals surface area contributed by atoms with Crippen LogP contribution in [-0.2, 0) is 19.1 Å². The minimum atomic E-state index is -0.954. The van der Waals surface area contributed by atoms with E-state index in [9.17, 15) is 19.5 Å². The molecule has 0 unspecified atom stereocenters. The van der Waals surface area contributed by atoms with Gasteiger partial charge in [0.1, 0.15) is 12.1 Å². The number of nitrogens with one attached hydrogen (secondary N) is 1. The summed E-state index contributed by atoms with van der Waals surface area (Å²) in [5.74, 6) is -1.17. The second kappa shape index (κ2) is 9.53. The topological polar surface area (TPSA) is 95.9 Å². The van der Waals surface area contributed by atoms with Gasteiger partial charge < -0.3 is 14.7 Å². The molecule has 7 heteroatoms. The SMILES string of the molecule is CCC[C@H](N[C@@H](C)C(=O)N1[C@H](C(=O)OC(C)C)C[C@@H]2CCCC[C@@H]21)C(=O)O. The Balaban J connectivity index is 2.17. The van der Waals surface area contributed by atoms with Crippen molar-refractivity contribution in [2.24, 2.45) is 5.92 Å². The molecular weight excluding hydrogens is 348 g/mol. The summed E-state index contributed by atoms with van der Waals surface area (Å²) in [5, 5.41) is 12.3. The number of hydrogen-bond donors (Lipinski definition) is 2. The van der Waals surface area contributed by atoms with Crippen molar-refractivity contribution < 1.29 is 24.2 Å². The minimum absolute atomic E-state index is 0.0506. The fourth-order valence-corrected chi connectivity index (χ4v) is 4.46. The molecule has 2 fully saturated rings. The van der Waals surface area contributed by atoms with Gasteiger partial charge in [0, 0.05) is 6.04 Å². The summed E-state index contributed by atoms with van der Waals surface area (Å²) in [6.07, 6.45) is 5.68. The molecule has 2 rings (SSSR count). The van der Waals surface area contributed by atoms with Crippen LogP contribution in [-0.4, -0.2) is 58.1 Å². The van der Waals surface area contributed by atoms with E-state index < -0.39 is 24.1 Å². The highest BCUT2D eigenvalue weighted by Crippen LogP contribution is 2.40. The summed E-state index contributed by atoms with van der Waals surface area (Å²) in [4.78, 5) is 39.0. The highest BCUT2D eigenvalue weighted by molar-refractivity contribution is 5.89. The van der Waals surface area contributed by atoms with Gasteiger partial charge in [-0.25, -0.2) is 4.79 Å². The lowest BCUT2D eigenvalue weighted by atomic mass is 9.84. The highest BCUT2D eigenvalue weighted by atomic mass is 16.5. The summed E-state index contributed by atoms with van der Waals surface area (Å²) in [6, 6.07) is -1.94. The lowest BCUT2D eigenvalue weighted by Gasteiger charge is -2.35. The average molecular weight is 383 g/mol. The van der Waals surface area contributed by atoms with Crippen LogP contribution >= 0.6 is 0 Å². The number of fused-ring (bicyclic) bond motifs is 1. The van der Waals surface area contributed by atoms with E-state index in [2.05, 4.69) is 5.32 Å². The molecule has 27 heavy (non-hydrogen) atoms. The zero-order valence-corrected chi connectivity index (χ0v) is 16.9. The molecule has 154 valence electrons. The van der Waals surface area contributed by atoms with Gasteiger partial charge in [0.05, 0.1) is 12.1 Å². The molecule has 0 aromatic heterocycles. The van der Waals surface area contributed by atoms with Gasteiger partial charge in [-0.05, 0) is 52.4 Å². The van der Waals surface area contributed by atoms with Crippen molar-refractivity contribution in [3.8, 4) is 0 Å². The molecule has 0 bridgehead atoms. The molecule has 1 aliphatic heterocycles. The first-order valence-corrected chi connectivity index (χ1v) is 10.3. The van der Waals surface area contributed by atoms with Crippen LogP contribution < -0.4 is 5.32 Å². The van der Waals surface area contributed by atoms with Crippen molar-refractivity contribution in [1.29, 1.82) is 0 Å². The van der Waals surface area contributed by atoms with Crippen LogP contribution in [0.2, 0.25) is 0 Å². The number of nitrogens with zero attached hydrogens (tertiary/aromatic N) is 1. The Labute approximate surface area is 161 Å². The molecule has 1 heterocycles. The molecule has 0 aromatic rings. The maximum absolute atomic E-state index is 13.2. The van der Waals surface area contributed by atoms with E-state index in [1.54, 1.807) is 25.7 Å². The third kappa shape index (κ3) is 5.21. The fourth-order valence-electron chi connectivity index (χ4n) is 4.46. The number of carboxylic acids is 1. The van der Waals surface area contributed by atoms with Gasteiger partial charge in [-0.3, -0.25) is 14.9 Å². The Bertz CT molecular complexity index is 550. The largest absolute Gasteiger partial charge is 0.480 e. The van der Waals surface area contributed by atoms with E-state index in [-0.39, 0.29) is 24.0 Å². The molecule has 7 nitrogen and oxygen atoms in total. The maximum Gasteiger partial charge on any atom is 0.329 e. The standard InChI is InChI=1S/C20H34N2O5/c1-5-8-15(19(24)25)21-13(4)18(23)22-16-10-7-6-9-14(16)11-17(22)20(26)27-12(2)3/h12-17,21H,5-11H2,1-4H3,(H,24,25)/t13-,14-,15-,16-,17-/m0/s1. The number of amides is 1. The number of aliphatic carboxylic acids is 1. The van der Waals surface area contributed by atoms with Gasteiger partial charge in [0.2, 0.25) is 5.91 Å². The van der Waals surface area contributed by atoms with E-state index >= 15 is 0 Å². The van der Waals surface area contributed by atoms with Crippen LogP contribution in [0.1, 0.15) is 72.6 Å². The Hall–Kier alpha value is -1.63. The first-order valence-electron chi connectivity index (χ1n) is 10.3. The van der Waals surface area contributed by atoms with Crippen molar-refractivity contribution in [2.75, 3.05) is 0 Å². The molecule has 1 aliphatic carbocycles. The van der Waals surface area contributed by atoms with E-state index in [1.807, 2.05) is 6.92 Å². The van der Waals surface area contributed by atoms with E-state index in [1.165, 1.54) is 0 Å². The number of hydrogen-bond acceptors (Lipinski definition) is 5. The summed E-state index contributed by atoms with van der Waals surface area (Å²) in [7, 11) is 0.